The molecule has 0 aliphatic rings. The summed E-state index contributed by atoms with van der Waals surface area (Å²) in [5.74, 6) is 3.22. The van der Waals surface area contributed by atoms with Gasteiger partial charge in [0.1, 0.15) is 5.75 Å². The van der Waals surface area contributed by atoms with Gasteiger partial charge in [0.25, 0.3) is 0 Å². The second kappa shape index (κ2) is 7.71. The van der Waals surface area contributed by atoms with E-state index in [1.54, 1.807) is 0 Å². The molecule has 1 nitrogen and oxygen atoms in total. The molecule has 1 aromatic rings. The fourth-order valence-electron chi connectivity index (χ4n) is 3.22. The highest BCUT2D eigenvalue weighted by atomic mass is 16.5. The number of aryl methyl sites for hydroxylation is 1. The third kappa shape index (κ3) is 4.01. The van der Waals surface area contributed by atoms with E-state index in [9.17, 15) is 0 Å². The summed E-state index contributed by atoms with van der Waals surface area (Å²) in [6.45, 7) is 16.6. The van der Waals surface area contributed by atoms with Gasteiger partial charge in [-0.25, -0.2) is 0 Å². The van der Waals surface area contributed by atoms with E-state index in [0.29, 0.717) is 5.92 Å². The van der Waals surface area contributed by atoms with Crippen molar-refractivity contribution in [3.05, 3.63) is 28.8 Å². The van der Waals surface area contributed by atoms with Crippen LogP contribution in [0.4, 0.5) is 0 Å². The zero-order valence-electron chi connectivity index (χ0n) is 14.4. The summed E-state index contributed by atoms with van der Waals surface area (Å²) >= 11 is 0. The highest BCUT2D eigenvalue weighted by Crippen LogP contribution is 2.35. The standard InChI is InChI=1S/C19H32O/c1-8-13(3)15(5)12-16(6)19-14(4)10-11-18(17(19)7)20-9-2/h10-11,13,15-16H,8-9,12H2,1-7H3/t13-,15?,16?/m0/s1. The lowest BCUT2D eigenvalue weighted by molar-refractivity contribution is 0.329. The quantitative estimate of drug-likeness (QED) is 0.604. The van der Waals surface area contributed by atoms with E-state index in [4.69, 9.17) is 4.74 Å². The summed E-state index contributed by atoms with van der Waals surface area (Å²) in [7, 11) is 0. The normalized spacial score (nSPS) is 15.8. The molecule has 0 N–H and O–H groups in total. The topological polar surface area (TPSA) is 9.23 Å². The molecule has 0 saturated carbocycles. The molecule has 0 fully saturated rings. The molecule has 0 aliphatic carbocycles. The van der Waals surface area contributed by atoms with Crippen molar-refractivity contribution in [2.45, 2.75) is 67.2 Å². The molecule has 1 heteroatoms. The molecule has 0 aliphatic heterocycles. The summed E-state index contributed by atoms with van der Waals surface area (Å²) in [6, 6.07) is 4.32. The Labute approximate surface area is 125 Å². The summed E-state index contributed by atoms with van der Waals surface area (Å²) < 4.78 is 5.76. The number of hydrogen-bond acceptors (Lipinski definition) is 1. The van der Waals surface area contributed by atoms with E-state index in [-0.39, 0.29) is 0 Å². The molecule has 1 rings (SSSR count). The second-order valence-electron chi connectivity index (χ2n) is 6.35. The Balaban J connectivity index is 2.97. The smallest absolute Gasteiger partial charge is 0.122 e. The second-order valence-corrected chi connectivity index (χ2v) is 6.35. The maximum atomic E-state index is 5.76. The van der Waals surface area contributed by atoms with E-state index < -0.39 is 0 Å². The number of rotatable bonds is 7. The Morgan fingerprint density at radius 2 is 1.65 bits per heavy atom. The van der Waals surface area contributed by atoms with Crippen LogP contribution in [0.1, 0.15) is 70.1 Å². The van der Waals surface area contributed by atoms with Crippen molar-refractivity contribution in [3.63, 3.8) is 0 Å². The van der Waals surface area contributed by atoms with Crippen LogP contribution in [0.5, 0.6) is 5.75 Å². The molecule has 1 aromatic carbocycles. The molecule has 0 aromatic heterocycles. The highest BCUT2D eigenvalue weighted by Gasteiger charge is 2.19. The van der Waals surface area contributed by atoms with Crippen molar-refractivity contribution in [3.8, 4) is 5.75 Å². The van der Waals surface area contributed by atoms with Gasteiger partial charge in [-0.2, -0.15) is 0 Å². The van der Waals surface area contributed by atoms with E-state index in [1.807, 2.05) is 6.92 Å². The molecule has 0 spiro atoms. The minimum absolute atomic E-state index is 0.597. The van der Waals surface area contributed by atoms with Gasteiger partial charge in [-0.05, 0) is 67.7 Å². The molecule has 0 saturated heterocycles. The summed E-state index contributed by atoms with van der Waals surface area (Å²) in [6.07, 6.45) is 2.52. The lowest BCUT2D eigenvalue weighted by Crippen LogP contribution is -2.12. The van der Waals surface area contributed by atoms with Crippen molar-refractivity contribution in [1.29, 1.82) is 0 Å². The molecular weight excluding hydrogens is 244 g/mol. The molecule has 20 heavy (non-hydrogen) atoms. The SMILES string of the molecule is CCOc1ccc(C)c(C(C)CC(C)[C@@H](C)CC)c1C. The Kier molecular flexibility index (Phi) is 6.58. The van der Waals surface area contributed by atoms with Crippen molar-refractivity contribution in [2.24, 2.45) is 11.8 Å². The fourth-order valence-corrected chi connectivity index (χ4v) is 3.22. The van der Waals surface area contributed by atoms with Crippen molar-refractivity contribution in [2.75, 3.05) is 6.61 Å². The van der Waals surface area contributed by atoms with Gasteiger partial charge in [-0.15, -0.1) is 0 Å². The van der Waals surface area contributed by atoms with Crippen molar-refractivity contribution < 1.29 is 4.74 Å². The first-order valence-electron chi connectivity index (χ1n) is 8.15. The first-order chi connectivity index (χ1) is 9.42. The summed E-state index contributed by atoms with van der Waals surface area (Å²) in [5.41, 5.74) is 4.22. The maximum Gasteiger partial charge on any atom is 0.122 e. The van der Waals surface area contributed by atoms with Gasteiger partial charge in [-0.3, -0.25) is 0 Å². The van der Waals surface area contributed by atoms with Gasteiger partial charge in [-0.1, -0.05) is 40.2 Å². The summed E-state index contributed by atoms with van der Waals surface area (Å²) in [5, 5.41) is 0. The van der Waals surface area contributed by atoms with Crippen LogP contribution in [-0.2, 0) is 0 Å². The Hall–Kier alpha value is -0.980. The van der Waals surface area contributed by atoms with Gasteiger partial charge < -0.3 is 4.74 Å². The van der Waals surface area contributed by atoms with Crippen LogP contribution in [0.15, 0.2) is 12.1 Å². The van der Waals surface area contributed by atoms with E-state index in [2.05, 4.69) is 53.7 Å². The Morgan fingerprint density at radius 3 is 2.20 bits per heavy atom. The van der Waals surface area contributed by atoms with E-state index in [1.165, 1.54) is 29.5 Å². The van der Waals surface area contributed by atoms with Crippen LogP contribution in [0.25, 0.3) is 0 Å². The number of ether oxygens (including phenoxy) is 1. The van der Waals surface area contributed by atoms with Crippen LogP contribution in [0.3, 0.4) is 0 Å². The largest absolute Gasteiger partial charge is 0.494 e. The maximum absolute atomic E-state index is 5.76. The first-order valence-corrected chi connectivity index (χ1v) is 8.15. The predicted octanol–water partition coefficient (Wildman–Crippen LogP) is 5.88. The van der Waals surface area contributed by atoms with Gasteiger partial charge in [0.2, 0.25) is 0 Å². The van der Waals surface area contributed by atoms with Crippen LogP contribution < -0.4 is 4.74 Å². The van der Waals surface area contributed by atoms with Gasteiger partial charge in [0.15, 0.2) is 0 Å². The summed E-state index contributed by atoms with van der Waals surface area (Å²) in [4.78, 5) is 0. The number of hydrogen-bond donors (Lipinski definition) is 0. The minimum atomic E-state index is 0.597. The molecule has 2 unspecified atom stereocenters. The third-order valence-electron chi connectivity index (χ3n) is 4.82. The Morgan fingerprint density at radius 1 is 1.00 bits per heavy atom. The van der Waals surface area contributed by atoms with Crippen LogP contribution in [0, 0.1) is 25.7 Å². The minimum Gasteiger partial charge on any atom is -0.494 e. The molecule has 0 heterocycles. The highest BCUT2D eigenvalue weighted by molar-refractivity contribution is 5.45. The average Bonchev–Trinajstić information content (AvgIpc) is 2.41. The molecule has 3 atom stereocenters. The van der Waals surface area contributed by atoms with Crippen LogP contribution >= 0.6 is 0 Å². The van der Waals surface area contributed by atoms with Crippen molar-refractivity contribution in [1.82, 2.24) is 0 Å². The predicted molar refractivity (Wildman–Crippen MR) is 88.7 cm³/mol. The Bertz CT molecular complexity index is 422. The van der Waals surface area contributed by atoms with E-state index in [0.717, 1.165) is 24.2 Å². The monoisotopic (exact) mass is 276 g/mol. The van der Waals surface area contributed by atoms with Crippen LogP contribution in [0.2, 0.25) is 0 Å². The lowest BCUT2D eigenvalue weighted by Gasteiger charge is -2.25. The molecule has 0 radical (unpaired) electrons. The van der Waals surface area contributed by atoms with E-state index >= 15 is 0 Å². The zero-order chi connectivity index (χ0) is 15.3. The lowest BCUT2D eigenvalue weighted by atomic mass is 9.81. The van der Waals surface area contributed by atoms with Gasteiger partial charge >= 0.3 is 0 Å². The third-order valence-corrected chi connectivity index (χ3v) is 4.82. The number of benzene rings is 1. The van der Waals surface area contributed by atoms with Gasteiger partial charge in [0.05, 0.1) is 6.61 Å². The average molecular weight is 276 g/mol. The molecular formula is C19H32O. The molecule has 114 valence electrons. The fraction of sp³-hybridized carbons (Fsp3) is 0.684. The van der Waals surface area contributed by atoms with Crippen molar-refractivity contribution >= 4 is 0 Å². The van der Waals surface area contributed by atoms with Gasteiger partial charge in [0, 0.05) is 0 Å². The molecule has 0 amide bonds. The van der Waals surface area contributed by atoms with Crippen LogP contribution in [-0.4, -0.2) is 6.61 Å². The zero-order valence-corrected chi connectivity index (χ0v) is 14.4. The first kappa shape index (κ1) is 17.1. The molecule has 0 bridgehead atoms.